The van der Waals surface area contributed by atoms with E-state index < -0.39 is 5.97 Å². The van der Waals surface area contributed by atoms with Crippen molar-refractivity contribution in [1.82, 2.24) is 5.32 Å². The van der Waals surface area contributed by atoms with Crippen molar-refractivity contribution in [3.8, 4) is 0 Å². The lowest BCUT2D eigenvalue weighted by molar-refractivity contribution is -0.136. The molecule has 0 radical (unpaired) electrons. The normalized spacial score (nSPS) is 27.9. The van der Waals surface area contributed by atoms with E-state index in [1.165, 1.54) is 30.6 Å². The predicted octanol–water partition coefficient (Wildman–Crippen LogP) is 3.11. The minimum Gasteiger partial charge on any atom is -0.481 e. The zero-order valence-corrected chi connectivity index (χ0v) is 12.9. The molecule has 2 bridgehead atoms. The van der Waals surface area contributed by atoms with Gasteiger partial charge in [-0.2, -0.15) is 0 Å². The van der Waals surface area contributed by atoms with Gasteiger partial charge in [0.1, 0.15) is 0 Å². The van der Waals surface area contributed by atoms with Gasteiger partial charge in [-0.15, -0.1) is 24.2 Å². The van der Waals surface area contributed by atoms with Crippen LogP contribution in [0.3, 0.4) is 0 Å². The number of aliphatic carboxylic acids is 1. The maximum atomic E-state index is 10.6. The summed E-state index contributed by atoms with van der Waals surface area (Å²) in [5, 5.41) is 13.1. The third kappa shape index (κ3) is 3.90. The number of carbonyl (C=O) groups is 1. The van der Waals surface area contributed by atoms with Gasteiger partial charge in [0.05, 0.1) is 6.42 Å². The standard InChI is InChI=1S/C15H19NO2S.ClH/c17-15(18)7-10-1-5-13(6-2-10)19-14-8-11-3-4-12(9-14)16-11;/h1-2,5-6,11-12,14,16H,3-4,7-9H2,(H,17,18);1H/t11-,12+,14+;. The largest absolute Gasteiger partial charge is 0.481 e. The summed E-state index contributed by atoms with van der Waals surface area (Å²) in [6, 6.07) is 9.45. The Morgan fingerprint density at radius 3 is 2.35 bits per heavy atom. The minimum atomic E-state index is -0.768. The molecule has 2 heterocycles. The van der Waals surface area contributed by atoms with Crippen molar-refractivity contribution < 1.29 is 9.90 Å². The Kier molecular flexibility index (Phi) is 5.35. The van der Waals surface area contributed by atoms with Crippen LogP contribution in [0.15, 0.2) is 29.2 Å². The topological polar surface area (TPSA) is 49.3 Å². The van der Waals surface area contributed by atoms with Crippen LogP contribution in [0.5, 0.6) is 0 Å². The lowest BCUT2D eigenvalue weighted by atomic mass is 10.1. The van der Waals surface area contributed by atoms with Gasteiger partial charge >= 0.3 is 5.97 Å². The predicted molar refractivity (Wildman–Crippen MR) is 83.9 cm³/mol. The number of benzene rings is 1. The van der Waals surface area contributed by atoms with E-state index in [0.717, 1.165) is 17.6 Å². The second-order valence-electron chi connectivity index (χ2n) is 5.56. The summed E-state index contributed by atoms with van der Waals surface area (Å²) in [5.74, 6) is -0.768. The van der Waals surface area contributed by atoms with Gasteiger partial charge in [-0.1, -0.05) is 12.1 Å². The first kappa shape index (κ1) is 15.7. The van der Waals surface area contributed by atoms with E-state index >= 15 is 0 Å². The van der Waals surface area contributed by atoms with Gasteiger partial charge in [-0.25, -0.2) is 0 Å². The number of thioether (sulfide) groups is 1. The molecule has 1 aromatic carbocycles. The van der Waals surface area contributed by atoms with Gasteiger partial charge in [-0.05, 0) is 43.4 Å². The average Bonchev–Trinajstić information content (AvgIpc) is 2.71. The second kappa shape index (κ2) is 6.83. The van der Waals surface area contributed by atoms with Crippen LogP contribution in [0.1, 0.15) is 31.2 Å². The Balaban J connectivity index is 0.00000147. The molecule has 2 aliphatic rings. The van der Waals surface area contributed by atoms with Crippen LogP contribution in [0.25, 0.3) is 0 Å². The highest BCUT2D eigenvalue weighted by Gasteiger charge is 2.33. The van der Waals surface area contributed by atoms with Crippen LogP contribution >= 0.6 is 24.2 Å². The van der Waals surface area contributed by atoms with Crippen molar-refractivity contribution >= 4 is 30.1 Å². The molecule has 1 aromatic rings. The highest BCUT2D eigenvalue weighted by Crippen LogP contribution is 2.37. The smallest absolute Gasteiger partial charge is 0.307 e. The molecule has 110 valence electrons. The van der Waals surface area contributed by atoms with E-state index in [1.807, 2.05) is 23.9 Å². The number of hydrogen-bond donors (Lipinski definition) is 2. The first-order chi connectivity index (χ1) is 9.19. The molecule has 2 aliphatic heterocycles. The van der Waals surface area contributed by atoms with Gasteiger partial charge < -0.3 is 10.4 Å². The number of rotatable bonds is 4. The minimum absolute atomic E-state index is 0. The number of carboxylic acids is 1. The monoisotopic (exact) mass is 313 g/mol. The van der Waals surface area contributed by atoms with Gasteiger partial charge in [0.15, 0.2) is 0 Å². The van der Waals surface area contributed by atoms with Crippen LogP contribution in [-0.2, 0) is 11.2 Å². The van der Waals surface area contributed by atoms with Gasteiger partial charge in [0.2, 0.25) is 0 Å². The van der Waals surface area contributed by atoms with Crippen LogP contribution in [-0.4, -0.2) is 28.4 Å². The lowest BCUT2D eigenvalue weighted by Crippen LogP contribution is -2.39. The van der Waals surface area contributed by atoms with E-state index in [0.29, 0.717) is 5.25 Å². The quantitative estimate of drug-likeness (QED) is 0.896. The summed E-state index contributed by atoms with van der Waals surface area (Å²) in [6.07, 6.45) is 5.30. The number of carboxylic acid groups (broad SMARTS) is 1. The summed E-state index contributed by atoms with van der Waals surface area (Å²) in [5.41, 5.74) is 0.877. The number of nitrogens with one attached hydrogen (secondary N) is 1. The Hall–Kier alpha value is -0.710. The molecule has 3 atom stereocenters. The molecular formula is C15H20ClNO2S. The highest BCUT2D eigenvalue weighted by atomic mass is 35.5. The molecule has 3 rings (SSSR count). The summed E-state index contributed by atoms with van der Waals surface area (Å²) >= 11 is 1.95. The first-order valence-electron chi connectivity index (χ1n) is 6.92. The van der Waals surface area contributed by atoms with E-state index in [2.05, 4.69) is 17.4 Å². The average molecular weight is 314 g/mol. The lowest BCUT2D eigenvalue weighted by Gasteiger charge is -2.28. The van der Waals surface area contributed by atoms with Gasteiger partial charge in [0.25, 0.3) is 0 Å². The Labute approximate surface area is 129 Å². The molecule has 3 nitrogen and oxygen atoms in total. The second-order valence-corrected chi connectivity index (χ2v) is 6.94. The van der Waals surface area contributed by atoms with Crippen LogP contribution in [0, 0.1) is 0 Å². The van der Waals surface area contributed by atoms with Crippen molar-refractivity contribution in [3.05, 3.63) is 29.8 Å². The Bertz CT molecular complexity index is 453. The molecule has 2 fully saturated rings. The molecule has 20 heavy (non-hydrogen) atoms. The number of hydrogen-bond acceptors (Lipinski definition) is 3. The van der Waals surface area contributed by atoms with E-state index in [-0.39, 0.29) is 18.8 Å². The van der Waals surface area contributed by atoms with Gasteiger partial charge in [-0.3, -0.25) is 4.79 Å². The van der Waals surface area contributed by atoms with Crippen LogP contribution < -0.4 is 5.32 Å². The van der Waals surface area contributed by atoms with E-state index in [4.69, 9.17) is 5.11 Å². The molecule has 0 aliphatic carbocycles. The molecule has 2 saturated heterocycles. The fourth-order valence-corrected chi connectivity index (χ4v) is 4.49. The fraction of sp³-hybridized carbons (Fsp3) is 0.533. The van der Waals surface area contributed by atoms with Crippen molar-refractivity contribution in [2.75, 3.05) is 0 Å². The fourth-order valence-electron chi connectivity index (χ4n) is 3.15. The zero-order valence-electron chi connectivity index (χ0n) is 11.2. The van der Waals surface area contributed by atoms with E-state index in [1.54, 1.807) is 0 Å². The molecule has 0 amide bonds. The number of piperidine rings is 1. The molecular weight excluding hydrogens is 294 g/mol. The molecule has 0 spiro atoms. The van der Waals surface area contributed by atoms with Crippen LogP contribution in [0.4, 0.5) is 0 Å². The summed E-state index contributed by atoms with van der Waals surface area (Å²) in [7, 11) is 0. The molecule has 0 unspecified atom stereocenters. The summed E-state index contributed by atoms with van der Waals surface area (Å²) < 4.78 is 0. The third-order valence-corrected chi connectivity index (χ3v) is 5.27. The maximum Gasteiger partial charge on any atom is 0.307 e. The van der Waals surface area contributed by atoms with Crippen LogP contribution in [0.2, 0.25) is 0 Å². The highest BCUT2D eigenvalue weighted by molar-refractivity contribution is 8.00. The van der Waals surface area contributed by atoms with E-state index in [9.17, 15) is 4.79 Å². The number of fused-ring (bicyclic) bond motifs is 2. The maximum absolute atomic E-state index is 10.6. The third-order valence-electron chi connectivity index (χ3n) is 4.01. The molecule has 5 heteroatoms. The molecule has 2 N–H and O–H groups in total. The molecule has 0 saturated carbocycles. The van der Waals surface area contributed by atoms with Crippen molar-refractivity contribution in [2.24, 2.45) is 0 Å². The van der Waals surface area contributed by atoms with Crippen molar-refractivity contribution in [2.45, 2.75) is 54.3 Å². The Morgan fingerprint density at radius 2 is 1.80 bits per heavy atom. The summed E-state index contributed by atoms with van der Waals surface area (Å²) in [4.78, 5) is 11.9. The van der Waals surface area contributed by atoms with Crippen molar-refractivity contribution in [1.29, 1.82) is 0 Å². The SMILES string of the molecule is Cl.O=C(O)Cc1ccc(S[C@H]2C[C@H]3CC[C@@H](C2)N3)cc1. The number of halogens is 1. The van der Waals surface area contributed by atoms with Crippen molar-refractivity contribution in [3.63, 3.8) is 0 Å². The van der Waals surface area contributed by atoms with Gasteiger partial charge in [0, 0.05) is 22.2 Å². The molecule has 0 aromatic heterocycles. The Morgan fingerprint density at radius 1 is 1.20 bits per heavy atom. The summed E-state index contributed by atoms with van der Waals surface area (Å²) in [6.45, 7) is 0. The zero-order chi connectivity index (χ0) is 13.2. The first-order valence-corrected chi connectivity index (χ1v) is 7.80.